The van der Waals surface area contributed by atoms with Gasteiger partial charge in [0.15, 0.2) is 0 Å². The first-order chi connectivity index (χ1) is 9.11. The van der Waals surface area contributed by atoms with Gasteiger partial charge < -0.3 is 5.32 Å². The second kappa shape index (κ2) is 4.86. The van der Waals surface area contributed by atoms with E-state index in [0.717, 1.165) is 12.8 Å². The van der Waals surface area contributed by atoms with Crippen molar-refractivity contribution in [1.29, 1.82) is 0 Å². The van der Waals surface area contributed by atoms with E-state index in [9.17, 15) is 13.2 Å². The van der Waals surface area contributed by atoms with Crippen molar-refractivity contribution in [3.05, 3.63) is 29.3 Å². The quantitative estimate of drug-likeness (QED) is 0.883. The monoisotopic (exact) mass is 296 g/mol. The maximum atomic E-state index is 12.2. The number of rotatable bonds is 4. The molecule has 0 radical (unpaired) electrons. The van der Waals surface area contributed by atoms with Crippen molar-refractivity contribution < 1.29 is 13.2 Å². The predicted octanol–water partition coefficient (Wildman–Crippen LogP) is 1.56. The molecule has 3 N–H and O–H groups in total. The topological polar surface area (TPSA) is 89.3 Å². The van der Waals surface area contributed by atoms with Crippen LogP contribution in [0.25, 0.3) is 0 Å². The van der Waals surface area contributed by atoms with Crippen LogP contribution in [-0.4, -0.2) is 19.9 Å². The molecule has 0 aliphatic heterocycles. The first kappa shape index (κ1) is 15.0. The number of benzene rings is 1. The third kappa shape index (κ3) is 3.19. The van der Waals surface area contributed by atoms with E-state index in [1.54, 1.807) is 19.1 Å². The summed E-state index contributed by atoms with van der Waals surface area (Å²) in [6.07, 6.45) is 2.23. The molecule has 0 unspecified atom stereocenters. The van der Waals surface area contributed by atoms with Crippen molar-refractivity contribution in [1.82, 2.24) is 5.32 Å². The molecule has 0 bridgehead atoms. The molecule has 1 aromatic rings. The number of nitrogens with two attached hydrogens (primary N) is 1. The molecule has 0 spiro atoms. The van der Waals surface area contributed by atoms with Gasteiger partial charge in [0.2, 0.25) is 10.0 Å². The van der Waals surface area contributed by atoms with Crippen LogP contribution in [0.5, 0.6) is 0 Å². The largest absolute Gasteiger partial charge is 0.347 e. The van der Waals surface area contributed by atoms with Gasteiger partial charge in [-0.2, -0.15) is 0 Å². The molecular formula is C14H20N2O3S. The van der Waals surface area contributed by atoms with Gasteiger partial charge in [0, 0.05) is 11.1 Å². The molecule has 2 rings (SSSR count). The van der Waals surface area contributed by atoms with Crippen molar-refractivity contribution in [2.75, 3.05) is 0 Å². The lowest BCUT2D eigenvalue weighted by molar-refractivity contribution is 0.0903. The average Bonchev–Trinajstić information content (AvgIpc) is 3.10. The Kier molecular flexibility index (Phi) is 3.64. The predicted molar refractivity (Wildman–Crippen MR) is 76.8 cm³/mol. The number of amides is 1. The summed E-state index contributed by atoms with van der Waals surface area (Å²) in [6.45, 7) is 5.62. The lowest BCUT2D eigenvalue weighted by Gasteiger charge is -2.26. The zero-order chi connectivity index (χ0) is 15.1. The van der Waals surface area contributed by atoms with E-state index in [0.29, 0.717) is 17.0 Å². The summed E-state index contributed by atoms with van der Waals surface area (Å²) in [5.74, 6) is 0.224. The van der Waals surface area contributed by atoms with Crippen molar-refractivity contribution >= 4 is 15.9 Å². The van der Waals surface area contributed by atoms with Gasteiger partial charge in [-0.25, -0.2) is 13.6 Å². The number of carbonyl (C=O) groups is 1. The molecule has 1 aliphatic carbocycles. The molecule has 1 amide bonds. The van der Waals surface area contributed by atoms with Crippen LogP contribution in [0.3, 0.4) is 0 Å². The number of carbonyl (C=O) groups excluding carboxylic acids is 1. The van der Waals surface area contributed by atoms with Crippen LogP contribution < -0.4 is 10.5 Å². The Morgan fingerprint density at radius 2 is 1.95 bits per heavy atom. The minimum absolute atomic E-state index is 0.00521. The standard InChI is InChI=1S/C14H20N2O3S/c1-9-4-5-10(8-12(9)20(15,18)19)13(17)16-14(2,3)11-6-7-11/h4-5,8,11H,6-7H2,1-3H3,(H,16,17)(H2,15,18,19). The van der Waals surface area contributed by atoms with Gasteiger partial charge in [-0.1, -0.05) is 6.07 Å². The molecule has 0 aromatic heterocycles. The van der Waals surface area contributed by atoms with E-state index in [4.69, 9.17) is 5.14 Å². The van der Waals surface area contributed by atoms with Crippen molar-refractivity contribution in [3.63, 3.8) is 0 Å². The van der Waals surface area contributed by atoms with Gasteiger partial charge in [-0.05, 0) is 57.2 Å². The normalized spacial score (nSPS) is 16.0. The van der Waals surface area contributed by atoms with Crippen molar-refractivity contribution in [2.45, 2.75) is 44.0 Å². The SMILES string of the molecule is Cc1ccc(C(=O)NC(C)(C)C2CC2)cc1S(N)(=O)=O. The van der Waals surface area contributed by atoms with E-state index in [-0.39, 0.29) is 16.3 Å². The van der Waals surface area contributed by atoms with Gasteiger partial charge in [-0.3, -0.25) is 4.79 Å². The van der Waals surface area contributed by atoms with E-state index < -0.39 is 10.0 Å². The highest BCUT2D eigenvalue weighted by atomic mass is 32.2. The van der Waals surface area contributed by atoms with Crippen LogP contribution in [0.1, 0.15) is 42.6 Å². The van der Waals surface area contributed by atoms with E-state index in [2.05, 4.69) is 5.32 Å². The third-order valence-corrected chi connectivity index (χ3v) is 4.84. The molecule has 0 heterocycles. The Labute approximate surface area is 119 Å². The third-order valence-electron chi connectivity index (χ3n) is 3.79. The fraction of sp³-hybridized carbons (Fsp3) is 0.500. The van der Waals surface area contributed by atoms with Crippen LogP contribution in [0.15, 0.2) is 23.1 Å². The summed E-state index contributed by atoms with van der Waals surface area (Å²) in [4.78, 5) is 12.2. The molecule has 0 saturated heterocycles. The smallest absolute Gasteiger partial charge is 0.251 e. The molecular weight excluding hydrogens is 276 g/mol. The number of hydrogen-bond donors (Lipinski definition) is 2. The number of hydrogen-bond acceptors (Lipinski definition) is 3. The highest BCUT2D eigenvalue weighted by molar-refractivity contribution is 7.89. The summed E-state index contributed by atoms with van der Waals surface area (Å²) in [5.41, 5.74) is 0.572. The molecule has 1 fully saturated rings. The Morgan fingerprint density at radius 3 is 2.45 bits per heavy atom. The van der Waals surface area contributed by atoms with Crippen LogP contribution in [0.4, 0.5) is 0 Å². The molecule has 1 aromatic carbocycles. The fourth-order valence-electron chi connectivity index (χ4n) is 2.32. The molecule has 1 saturated carbocycles. The summed E-state index contributed by atoms with van der Waals surface area (Å²) in [6, 6.07) is 4.55. The average molecular weight is 296 g/mol. The minimum Gasteiger partial charge on any atom is -0.347 e. The Bertz CT molecular complexity index is 646. The van der Waals surface area contributed by atoms with E-state index >= 15 is 0 Å². The van der Waals surface area contributed by atoms with E-state index in [1.807, 2.05) is 13.8 Å². The van der Waals surface area contributed by atoms with Crippen molar-refractivity contribution in [2.24, 2.45) is 11.1 Å². The number of sulfonamides is 1. The molecule has 1 aliphatic rings. The summed E-state index contributed by atoms with van der Waals surface area (Å²) >= 11 is 0. The number of primary sulfonamides is 1. The molecule has 20 heavy (non-hydrogen) atoms. The molecule has 5 nitrogen and oxygen atoms in total. The van der Waals surface area contributed by atoms with Gasteiger partial charge in [0.05, 0.1) is 4.90 Å². The van der Waals surface area contributed by atoms with Crippen LogP contribution in [0, 0.1) is 12.8 Å². The summed E-state index contributed by atoms with van der Waals surface area (Å²) in [5, 5.41) is 8.11. The Morgan fingerprint density at radius 1 is 1.35 bits per heavy atom. The van der Waals surface area contributed by atoms with Gasteiger partial charge in [-0.15, -0.1) is 0 Å². The lowest BCUT2D eigenvalue weighted by Crippen LogP contribution is -2.45. The van der Waals surface area contributed by atoms with Crippen LogP contribution >= 0.6 is 0 Å². The first-order valence-electron chi connectivity index (χ1n) is 6.57. The Hall–Kier alpha value is -1.40. The lowest BCUT2D eigenvalue weighted by atomic mass is 9.98. The van der Waals surface area contributed by atoms with Gasteiger partial charge in [0.1, 0.15) is 0 Å². The second-order valence-corrected chi connectivity index (χ2v) is 7.51. The van der Waals surface area contributed by atoms with Crippen LogP contribution in [-0.2, 0) is 10.0 Å². The summed E-state index contributed by atoms with van der Waals surface area (Å²) < 4.78 is 23.0. The zero-order valence-corrected chi connectivity index (χ0v) is 12.8. The maximum absolute atomic E-state index is 12.2. The van der Waals surface area contributed by atoms with Crippen LogP contribution in [0.2, 0.25) is 0 Å². The molecule has 110 valence electrons. The highest BCUT2D eigenvalue weighted by Crippen LogP contribution is 2.39. The maximum Gasteiger partial charge on any atom is 0.251 e. The van der Waals surface area contributed by atoms with Crippen molar-refractivity contribution in [3.8, 4) is 0 Å². The second-order valence-electron chi connectivity index (χ2n) is 5.98. The molecule has 6 heteroatoms. The van der Waals surface area contributed by atoms with Gasteiger partial charge in [0.25, 0.3) is 5.91 Å². The molecule has 0 atom stereocenters. The first-order valence-corrected chi connectivity index (χ1v) is 8.12. The highest BCUT2D eigenvalue weighted by Gasteiger charge is 2.38. The fourth-order valence-corrected chi connectivity index (χ4v) is 3.13. The Balaban J connectivity index is 2.27. The number of nitrogens with one attached hydrogen (secondary N) is 1. The zero-order valence-electron chi connectivity index (χ0n) is 11.9. The summed E-state index contributed by atoms with van der Waals surface area (Å²) in [7, 11) is -3.82. The van der Waals surface area contributed by atoms with E-state index in [1.165, 1.54) is 6.07 Å². The number of aryl methyl sites for hydroxylation is 1. The minimum atomic E-state index is -3.82. The van der Waals surface area contributed by atoms with Gasteiger partial charge >= 0.3 is 0 Å².